The van der Waals surface area contributed by atoms with Crippen LogP contribution in [0.15, 0.2) is 76.6 Å². The molecule has 4 rings (SSSR count). The summed E-state index contributed by atoms with van der Waals surface area (Å²) >= 11 is 4.08. The Morgan fingerprint density at radius 3 is 2.55 bits per heavy atom. The number of carbonyl (C=O) groups excluding carboxylic acids is 3. The summed E-state index contributed by atoms with van der Waals surface area (Å²) in [5.74, 6) is -2.30. The molecule has 0 bridgehead atoms. The second-order valence-electron chi connectivity index (χ2n) is 8.56. The van der Waals surface area contributed by atoms with Crippen molar-refractivity contribution in [3.05, 3.63) is 105 Å². The lowest BCUT2D eigenvalue weighted by Gasteiger charge is -2.16. The molecule has 3 amide bonds. The van der Waals surface area contributed by atoms with Gasteiger partial charge >= 0.3 is 0 Å². The number of ether oxygens (including phenoxy) is 2. The molecule has 0 atom stereocenters. The van der Waals surface area contributed by atoms with Crippen LogP contribution in [-0.4, -0.2) is 35.6 Å². The summed E-state index contributed by atoms with van der Waals surface area (Å²) in [6.07, 6.45) is 3.69. The van der Waals surface area contributed by atoms with E-state index in [1.165, 1.54) is 13.2 Å². The van der Waals surface area contributed by atoms with Crippen molar-refractivity contribution in [1.29, 1.82) is 0 Å². The number of rotatable bonds is 10. The highest BCUT2D eigenvalue weighted by molar-refractivity contribution is 9.10. The Morgan fingerprint density at radius 2 is 1.88 bits per heavy atom. The van der Waals surface area contributed by atoms with Crippen molar-refractivity contribution in [2.24, 2.45) is 0 Å². The van der Waals surface area contributed by atoms with Gasteiger partial charge in [0.1, 0.15) is 24.8 Å². The lowest BCUT2D eigenvalue weighted by Crippen LogP contribution is -2.36. The maximum Gasteiger partial charge on any atom is 0.294 e. The van der Waals surface area contributed by atoms with E-state index in [-0.39, 0.29) is 10.6 Å². The maximum atomic E-state index is 13.9. The van der Waals surface area contributed by atoms with Crippen LogP contribution in [0.2, 0.25) is 0 Å². The molecule has 3 aromatic carbocycles. The van der Waals surface area contributed by atoms with E-state index in [0.717, 1.165) is 32.6 Å². The van der Waals surface area contributed by atoms with E-state index in [9.17, 15) is 23.2 Å². The third kappa shape index (κ3) is 6.97. The SMILES string of the molecule is C=CCc1cc(/C=C2\SC(=O)N(CC(=O)Nc3ccc(F)cc3F)C2=O)cc(OC)c1OCc1ccc(Br)cc1. The molecule has 40 heavy (non-hydrogen) atoms. The van der Waals surface area contributed by atoms with Gasteiger partial charge in [-0.25, -0.2) is 8.78 Å². The molecule has 206 valence electrons. The second kappa shape index (κ2) is 12.9. The molecule has 0 aromatic heterocycles. The summed E-state index contributed by atoms with van der Waals surface area (Å²) < 4.78 is 39.6. The van der Waals surface area contributed by atoms with Gasteiger partial charge in [0.2, 0.25) is 5.91 Å². The van der Waals surface area contributed by atoms with E-state index >= 15 is 0 Å². The smallest absolute Gasteiger partial charge is 0.294 e. The third-order valence-corrected chi connectivity index (χ3v) is 7.15. The predicted molar refractivity (Wildman–Crippen MR) is 153 cm³/mol. The molecular weight excluding hydrogens is 606 g/mol. The van der Waals surface area contributed by atoms with E-state index in [2.05, 4.69) is 27.8 Å². The first-order chi connectivity index (χ1) is 19.2. The molecule has 1 heterocycles. The summed E-state index contributed by atoms with van der Waals surface area (Å²) in [6, 6.07) is 13.8. The molecule has 0 aliphatic carbocycles. The summed E-state index contributed by atoms with van der Waals surface area (Å²) in [7, 11) is 1.50. The number of thioether (sulfide) groups is 1. The van der Waals surface area contributed by atoms with Crippen LogP contribution in [0.1, 0.15) is 16.7 Å². The number of methoxy groups -OCH3 is 1. The summed E-state index contributed by atoms with van der Waals surface area (Å²) in [4.78, 5) is 38.8. The minimum absolute atomic E-state index is 0.0981. The van der Waals surface area contributed by atoms with Crippen LogP contribution in [0.3, 0.4) is 0 Å². The standard InChI is InChI=1S/C29H23BrF2N2O5S/c1-3-4-19-11-18(12-24(38-2)27(19)39-16-17-5-7-20(30)8-6-17)13-25-28(36)34(29(37)40-25)15-26(35)33-23-10-9-21(31)14-22(23)32/h3,5-14H,1,4,15-16H2,2H3,(H,33,35)/b25-13-. The number of carbonyl (C=O) groups is 3. The van der Waals surface area contributed by atoms with E-state index in [0.29, 0.717) is 47.9 Å². The van der Waals surface area contributed by atoms with Gasteiger partial charge in [-0.3, -0.25) is 19.3 Å². The first kappa shape index (κ1) is 29.0. The van der Waals surface area contributed by atoms with Gasteiger partial charge in [0.15, 0.2) is 11.5 Å². The number of hydrogen-bond acceptors (Lipinski definition) is 6. The highest BCUT2D eigenvalue weighted by Crippen LogP contribution is 2.37. The van der Waals surface area contributed by atoms with E-state index in [1.807, 2.05) is 24.3 Å². The van der Waals surface area contributed by atoms with E-state index in [4.69, 9.17) is 9.47 Å². The zero-order chi connectivity index (χ0) is 28.8. The fourth-order valence-corrected chi connectivity index (χ4v) is 4.94. The highest BCUT2D eigenvalue weighted by Gasteiger charge is 2.36. The predicted octanol–water partition coefficient (Wildman–Crippen LogP) is 6.72. The summed E-state index contributed by atoms with van der Waals surface area (Å²) in [6.45, 7) is 3.48. The topological polar surface area (TPSA) is 84.9 Å². The van der Waals surface area contributed by atoms with Crippen LogP contribution in [0.25, 0.3) is 6.08 Å². The van der Waals surface area contributed by atoms with Gasteiger partial charge in [0.05, 0.1) is 17.7 Å². The van der Waals surface area contributed by atoms with Gasteiger partial charge in [-0.15, -0.1) is 6.58 Å². The van der Waals surface area contributed by atoms with Gasteiger partial charge in [-0.05, 0) is 71.8 Å². The number of benzene rings is 3. The van der Waals surface area contributed by atoms with Gasteiger partial charge in [0, 0.05) is 16.1 Å². The Morgan fingerprint density at radius 1 is 1.12 bits per heavy atom. The Hall–Kier alpha value is -3.96. The second-order valence-corrected chi connectivity index (χ2v) is 10.5. The molecule has 0 radical (unpaired) electrons. The monoisotopic (exact) mass is 628 g/mol. The van der Waals surface area contributed by atoms with Crippen LogP contribution in [0.4, 0.5) is 19.3 Å². The molecule has 0 saturated carbocycles. The van der Waals surface area contributed by atoms with Crippen molar-refractivity contribution >= 4 is 56.5 Å². The molecule has 1 fully saturated rings. The van der Waals surface area contributed by atoms with Gasteiger partial charge in [0.25, 0.3) is 11.1 Å². The largest absolute Gasteiger partial charge is 0.493 e. The molecule has 1 saturated heterocycles. The normalized spacial score (nSPS) is 14.0. The van der Waals surface area contributed by atoms with E-state index in [1.54, 1.807) is 18.2 Å². The number of halogens is 3. The van der Waals surface area contributed by atoms with Crippen molar-refractivity contribution in [2.75, 3.05) is 19.0 Å². The highest BCUT2D eigenvalue weighted by atomic mass is 79.9. The van der Waals surface area contributed by atoms with Crippen LogP contribution in [-0.2, 0) is 22.6 Å². The number of amides is 3. The number of allylic oxidation sites excluding steroid dienone is 1. The van der Waals surface area contributed by atoms with Crippen molar-refractivity contribution in [3.8, 4) is 11.5 Å². The molecule has 11 heteroatoms. The molecule has 1 N–H and O–H groups in total. The molecule has 1 aliphatic rings. The van der Waals surface area contributed by atoms with Crippen molar-refractivity contribution in [1.82, 2.24) is 4.90 Å². The third-order valence-electron chi connectivity index (χ3n) is 5.71. The number of anilines is 1. The number of hydrogen-bond donors (Lipinski definition) is 1. The quantitative estimate of drug-likeness (QED) is 0.198. The lowest BCUT2D eigenvalue weighted by atomic mass is 10.0. The van der Waals surface area contributed by atoms with Crippen LogP contribution in [0, 0.1) is 11.6 Å². The molecule has 3 aromatic rings. The Labute approximate surface area is 242 Å². The van der Waals surface area contributed by atoms with Crippen molar-refractivity contribution < 1.29 is 32.6 Å². The maximum absolute atomic E-state index is 13.9. The number of nitrogens with zero attached hydrogens (tertiary/aromatic N) is 1. The minimum Gasteiger partial charge on any atom is -0.493 e. The van der Waals surface area contributed by atoms with Gasteiger partial charge < -0.3 is 14.8 Å². The first-order valence-corrected chi connectivity index (χ1v) is 13.5. The summed E-state index contributed by atoms with van der Waals surface area (Å²) in [5.41, 5.74) is 2.03. The lowest BCUT2D eigenvalue weighted by molar-refractivity contribution is -0.127. The van der Waals surface area contributed by atoms with Gasteiger partial charge in [-0.2, -0.15) is 0 Å². The van der Waals surface area contributed by atoms with Crippen LogP contribution >= 0.6 is 27.7 Å². The Bertz CT molecular complexity index is 1510. The van der Waals surface area contributed by atoms with Crippen molar-refractivity contribution in [3.63, 3.8) is 0 Å². The van der Waals surface area contributed by atoms with Crippen molar-refractivity contribution in [2.45, 2.75) is 13.0 Å². The molecule has 1 aliphatic heterocycles. The van der Waals surface area contributed by atoms with Crippen LogP contribution < -0.4 is 14.8 Å². The number of imide groups is 1. The van der Waals surface area contributed by atoms with E-state index < -0.39 is 35.2 Å². The minimum atomic E-state index is -0.976. The first-order valence-electron chi connectivity index (χ1n) is 11.9. The molecular formula is C29H23BrF2N2O5S. The average Bonchev–Trinajstić information content (AvgIpc) is 3.17. The molecule has 0 spiro atoms. The summed E-state index contributed by atoms with van der Waals surface area (Å²) in [5, 5.41) is 1.59. The Balaban J connectivity index is 1.52. The zero-order valence-electron chi connectivity index (χ0n) is 21.2. The van der Waals surface area contributed by atoms with Gasteiger partial charge in [-0.1, -0.05) is 34.1 Å². The number of nitrogens with one attached hydrogen (secondary N) is 1. The fraction of sp³-hybridized carbons (Fsp3) is 0.138. The molecule has 0 unspecified atom stereocenters. The average molecular weight is 629 g/mol. The Kier molecular flexibility index (Phi) is 9.38. The van der Waals surface area contributed by atoms with Crippen LogP contribution in [0.5, 0.6) is 11.5 Å². The fourth-order valence-electron chi connectivity index (χ4n) is 3.84. The molecule has 7 nitrogen and oxygen atoms in total. The zero-order valence-corrected chi connectivity index (χ0v) is 23.6.